The van der Waals surface area contributed by atoms with E-state index in [1.807, 2.05) is 48.4 Å². The Morgan fingerprint density at radius 1 is 1.25 bits per heavy atom. The highest BCUT2D eigenvalue weighted by Crippen LogP contribution is 2.09. The molecule has 0 atom stereocenters. The molecule has 5 heteroatoms. The van der Waals surface area contributed by atoms with Crippen molar-refractivity contribution >= 4 is 11.6 Å². The summed E-state index contributed by atoms with van der Waals surface area (Å²) in [4.78, 5) is 10.9. The van der Waals surface area contributed by atoms with Crippen molar-refractivity contribution in [3.05, 3.63) is 47.8 Å². The van der Waals surface area contributed by atoms with Gasteiger partial charge >= 0.3 is 0 Å². The molecule has 0 aliphatic rings. The number of amides is 1. The van der Waals surface area contributed by atoms with Crippen molar-refractivity contribution in [2.45, 2.75) is 19.9 Å². The number of nitrogens with zero attached hydrogens (tertiary/aromatic N) is 2. The number of aromatic nitrogens is 2. The molecule has 1 aromatic heterocycles. The van der Waals surface area contributed by atoms with Crippen LogP contribution in [0.2, 0.25) is 0 Å². The third kappa shape index (κ3) is 4.51. The van der Waals surface area contributed by atoms with Gasteiger partial charge in [0, 0.05) is 32.4 Å². The summed E-state index contributed by atoms with van der Waals surface area (Å²) in [5, 5.41) is 10.3. The smallest absolute Gasteiger partial charge is 0.221 e. The van der Waals surface area contributed by atoms with E-state index in [0.29, 0.717) is 0 Å². The van der Waals surface area contributed by atoms with E-state index in [9.17, 15) is 4.79 Å². The first-order valence-corrected chi connectivity index (χ1v) is 6.68. The highest BCUT2D eigenvalue weighted by Gasteiger charge is 1.98. The molecule has 20 heavy (non-hydrogen) atoms. The van der Waals surface area contributed by atoms with Crippen LogP contribution in [0.25, 0.3) is 0 Å². The molecule has 0 bridgehead atoms. The summed E-state index contributed by atoms with van der Waals surface area (Å²) in [5.74, 6) is -0.0488. The van der Waals surface area contributed by atoms with Gasteiger partial charge in [0.25, 0.3) is 0 Å². The zero-order valence-electron chi connectivity index (χ0n) is 11.9. The molecule has 0 fully saturated rings. The first-order chi connectivity index (χ1) is 9.63. The first-order valence-electron chi connectivity index (χ1n) is 6.68. The molecule has 0 saturated carbocycles. The quantitative estimate of drug-likeness (QED) is 0.787. The van der Waals surface area contributed by atoms with Gasteiger partial charge in [-0.05, 0) is 36.2 Å². The molecule has 0 aliphatic heterocycles. The van der Waals surface area contributed by atoms with E-state index in [-0.39, 0.29) is 5.91 Å². The standard InChI is InChI=1S/C15H20N4O/c1-12(20)18-15-5-3-13(4-6-15)9-16-8-7-14-10-17-19(2)11-14/h3-6,10-11,16H,7-9H2,1-2H3,(H,18,20). The maximum atomic E-state index is 10.9. The zero-order chi connectivity index (χ0) is 14.4. The second-order valence-corrected chi connectivity index (χ2v) is 4.83. The summed E-state index contributed by atoms with van der Waals surface area (Å²) in [6, 6.07) is 7.86. The predicted molar refractivity (Wildman–Crippen MR) is 79.4 cm³/mol. The van der Waals surface area contributed by atoms with E-state index in [4.69, 9.17) is 0 Å². The molecule has 2 rings (SSSR count). The van der Waals surface area contributed by atoms with Crippen LogP contribution in [0.3, 0.4) is 0 Å². The number of hydrogen-bond donors (Lipinski definition) is 2. The fourth-order valence-corrected chi connectivity index (χ4v) is 1.98. The summed E-state index contributed by atoms with van der Waals surface area (Å²) in [7, 11) is 1.92. The summed E-state index contributed by atoms with van der Waals surface area (Å²) in [6.45, 7) is 3.24. The summed E-state index contributed by atoms with van der Waals surface area (Å²) in [6.07, 6.45) is 4.89. The van der Waals surface area contributed by atoms with Gasteiger partial charge in [-0.2, -0.15) is 5.10 Å². The maximum absolute atomic E-state index is 10.9. The molecular formula is C15H20N4O. The van der Waals surface area contributed by atoms with Crippen LogP contribution in [0.15, 0.2) is 36.7 Å². The number of nitrogens with one attached hydrogen (secondary N) is 2. The van der Waals surface area contributed by atoms with Crippen molar-refractivity contribution in [1.82, 2.24) is 15.1 Å². The summed E-state index contributed by atoms with van der Waals surface area (Å²) >= 11 is 0. The second kappa shape index (κ2) is 6.86. The van der Waals surface area contributed by atoms with E-state index in [0.717, 1.165) is 25.2 Å². The Balaban J connectivity index is 1.72. The molecular weight excluding hydrogens is 252 g/mol. The van der Waals surface area contributed by atoms with Crippen molar-refractivity contribution in [3.8, 4) is 0 Å². The van der Waals surface area contributed by atoms with Gasteiger partial charge in [-0.15, -0.1) is 0 Å². The molecule has 2 N–H and O–H groups in total. The third-order valence-corrected chi connectivity index (χ3v) is 2.95. The first kappa shape index (κ1) is 14.3. The Morgan fingerprint density at radius 2 is 2.00 bits per heavy atom. The topological polar surface area (TPSA) is 59.0 Å². The van der Waals surface area contributed by atoms with Gasteiger partial charge < -0.3 is 10.6 Å². The Morgan fingerprint density at radius 3 is 2.60 bits per heavy atom. The lowest BCUT2D eigenvalue weighted by atomic mass is 10.2. The van der Waals surface area contributed by atoms with Crippen LogP contribution in [0.5, 0.6) is 0 Å². The van der Waals surface area contributed by atoms with Gasteiger partial charge in [0.15, 0.2) is 0 Å². The maximum Gasteiger partial charge on any atom is 0.221 e. The van der Waals surface area contributed by atoms with E-state index < -0.39 is 0 Å². The van der Waals surface area contributed by atoms with Crippen LogP contribution in [0.4, 0.5) is 5.69 Å². The van der Waals surface area contributed by atoms with E-state index >= 15 is 0 Å². The highest BCUT2D eigenvalue weighted by atomic mass is 16.1. The monoisotopic (exact) mass is 272 g/mol. The van der Waals surface area contributed by atoms with Crippen molar-refractivity contribution in [2.75, 3.05) is 11.9 Å². The van der Waals surface area contributed by atoms with Crippen LogP contribution in [-0.4, -0.2) is 22.2 Å². The van der Waals surface area contributed by atoms with Crippen molar-refractivity contribution in [1.29, 1.82) is 0 Å². The predicted octanol–water partition coefficient (Wildman–Crippen LogP) is 1.71. The van der Waals surface area contributed by atoms with E-state index in [1.54, 1.807) is 0 Å². The average molecular weight is 272 g/mol. The van der Waals surface area contributed by atoms with Gasteiger partial charge in [0.2, 0.25) is 5.91 Å². The van der Waals surface area contributed by atoms with Crippen molar-refractivity contribution in [2.24, 2.45) is 7.05 Å². The number of carbonyl (C=O) groups is 1. The fraction of sp³-hybridized carbons (Fsp3) is 0.333. The van der Waals surface area contributed by atoms with Crippen LogP contribution < -0.4 is 10.6 Å². The molecule has 0 unspecified atom stereocenters. The number of carbonyl (C=O) groups excluding carboxylic acids is 1. The molecule has 1 aromatic carbocycles. The number of aryl methyl sites for hydroxylation is 1. The molecule has 0 saturated heterocycles. The fourth-order valence-electron chi connectivity index (χ4n) is 1.98. The lowest BCUT2D eigenvalue weighted by molar-refractivity contribution is -0.114. The number of benzene rings is 1. The number of anilines is 1. The molecule has 1 amide bonds. The van der Waals surface area contributed by atoms with Gasteiger partial charge in [0.05, 0.1) is 6.20 Å². The highest BCUT2D eigenvalue weighted by molar-refractivity contribution is 5.88. The summed E-state index contributed by atoms with van der Waals surface area (Å²) in [5.41, 5.74) is 3.27. The molecule has 0 spiro atoms. The van der Waals surface area contributed by atoms with Crippen LogP contribution in [0.1, 0.15) is 18.1 Å². The van der Waals surface area contributed by atoms with Crippen molar-refractivity contribution < 1.29 is 4.79 Å². The average Bonchev–Trinajstić information content (AvgIpc) is 2.82. The largest absolute Gasteiger partial charge is 0.326 e. The SMILES string of the molecule is CC(=O)Nc1ccc(CNCCc2cnn(C)c2)cc1. The Kier molecular flexibility index (Phi) is 4.90. The number of rotatable bonds is 6. The molecule has 106 valence electrons. The van der Waals surface area contributed by atoms with E-state index in [1.165, 1.54) is 18.1 Å². The van der Waals surface area contributed by atoms with Gasteiger partial charge in [-0.3, -0.25) is 9.48 Å². The molecule has 2 aromatic rings. The Hall–Kier alpha value is -2.14. The van der Waals surface area contributed by atoms with Crippen LogP contribution in [-0.2, 0) is 24.8 Å². The van der Waals surface area contributed by atoms with Crippen LogP contribution >= 0.6 is 0 Å². The molecule has 0 radical (unpaired) electrons. The Labute approximate surface area is 119 Å². The number of hydrogen-bond acceptors (Lipinski definition) is 3. The van der Waals surface area contributed by atoms with Gasteiger partial charge in [-0.1, -0.05) is 12.1 Å². The normalized spacial score (nSPS) is 10.5. The third-order valence-electron chi connectivity index (χ3n) is 2.95. The van der Waals surface area contributed by atoms with Crippen LogP contribution in [0, 0.1) is 0 Å². The lowest BCUT2D eigenvalue weighted by Crippen LogP contribution is -2.16. The molecule has 1 heterocycles. The van der Waals surface area contributed by atoms with E-state index in [2.05, 4.69) is 15.7 Å². The molecule has 5 nitrogen and oxygen atoms in total. The van der Waals surface area contributed by atoms with Gasteiger partial charge in [0.1, 0.15) is 0 Å². The minimum atomic E-state index is -0.0488. The Bertz CT molecular complexity index is 560. The zero-order valence-corrected chi connectivity index (χ0v) is 11.9. The second-order valence-electron chi connectivity index (χ2n) is 4.83. The summed E-state index contributed by atoms with van der Waals surface area (Å²) < 4.78 is 1.82. The molecule has 0 aliphatic carbocycles. The van der Waals surface area contributed by atoms with Crippen molar-refractivity contribution in [3.63, 3.8) is 0 Å². The van der Waals surface area contributed by atoms with Gasteiger partial charge in [-0.25, -0.2) is 0 Å². The lowest BCUT2D eigenvalue weighted by Gasteiger charge is -2.06. The minimum absolute atomic E-state index is 0.0488. The minimum Gasteiger partial charge on any atom is -0.326 e.